The number of hydrogen-bond acceptors (Lipinski definition) is 8. The monoisotopic (exact) mass is 364 g/mol. The molecule has 25 heavy (non-hydrogen) atoms. The van der Waals surface area contributed by atoms with Gasteiger partial charge >= 0.3 is 11.9 Å². The molecule has 0 bridgehead atoms. The maximum absolute atomic E-state index is 12.8. The molecule has 0 aromatic heterocycles. The van der Waals surface area contributed by atoms with Crippen molar-refractivity contribution in [3.63, 3.8) is 0 Å². The van der Waals surface area contributed by atoms with E-state index < -0.39 is 31.6 Å². The number of sulfone groups is 1. The molecule has 0 unspecified atom stereocenters. The Labute approximate surface area is 144 Å². The zero-order valence-corrected chi connectivity index (χ0v) is 14.4. The third-order valence-electron chi connectivity index (χ3n) is 3.61. The molecule has 0 saturated heterocycles. The topological polar surface area (TPSA) is 111 Å². The van der Waals surface area contributed by atoms with Crippen LogP contribution in [0.4, 0.5) is 11.4 Å². The van der Waals surface area contributed by atoms with Gasteiger partial charge in [-0.2, -0.15) is 0 Å². The second kappa shape index (κ2) is 6.25. The first-order valence-electron chi connectivity index (χ1n) is 7.63. The highest BCUT2D eigenvalue weighted by molar-refractivity contribution is 8.01. The normalized spacial score (nSPS) is 17.2. The fraction of sp³-hybridized carbons (Fsp3) is 0.250. The molecule has 2 N–H and O–H groups in total. The van der Waals surface area contributed by atoms with Crippen LogP contribution in [0.25, 0.3) is 0 Å². The molecule has 2 aliphatic rings. The second-order valence-electron chi connectivity index (χ2n) is 5.15. The van der Waals surface area contributed by atoms with Crippen LogP contribution in [-0.2, 0) is 28.9 Å². The van der Waals surface area contributed by atoms with Gasteiger partial charge in [-0.25, -0.2) is 18.0 Å². The van der Waals surface area contributed by atoms with Gasteiger partial charge in [0.2, 0.25) is 9.84 Å². The van der Waals surface area contributed by atoms with E-state index in [1.54, 1.807) is 38.1 Å². The molecule has 0 radical (unpaired) electrons. The maximum Gasteiger partial charge on any atom is 0.352 e. The van der Waals surface area contributed by atoms with Crippen molar-refractivity contribution in [2.75, 3.05) is 23.8 Å². The Balaban J connectivity index is 2.22. The molecule has 0 fully saturated rings. The number of benzene rings is 1. The van der Waals surface area contributed by atoms with Crippen LogP contribution in [0.3, 0.4) is 0 Å². The van der Waals surface area contributed by atoms with Gasteiger partial charge in [-0.1, -0.05) is 12.1 Å². The summed E-state index contributed by atoms with van der Waals surface area (Å²) < 4.78 is 35.4. The summed E-state index contributed by atoms with van der Waals surface area (Å²) >= 11 is 0. The second-order valence-corrected chi connectivity index (χ2v) is 6.97. The van der Waals surface area contributed by atoms with E-state index in [0.717, 1.165) is 0 Å². The highest BCUT2D eigenvalue weighted by Gasteiger charge is 2.48. The van der Waals surface area contributed by atoms with Gasteiger partial charge in [0.05, 0.1) is 36.0 Å². The Bertz CT molecular complexity index is 861. The van der Waals surface area contributed by atoms with E-state index in [4.69, 9.17) is 9.47 Å². The highest BCUT2D eigenvalue weighted by atomic mass is 32.2. The number of para-hydroxylation sites is 2. The minimum absolute atomic E-state index is 0.000772. The van der Waals surface area contributed by atoms with E-state index in [-0.39, 0.29) is 24.6 Å². The molecule has 0 aliphatic carbocycles. The molecule has 2 aliphatic heterocycles. The molecular formula is C16H16N2O6S. The number of ether oxygens (including phenoxy) is 2. The standard InChI is InChI=1S/C16H16N2O6S/c1-3-23-15(19)13-11-12(14(25(13,21)22)16(20)24-4-2)18-10-8-6-5-7-9(10)17-11/h5-8,17-18H,3-4H2,1-2H3. The zero-order valence-electron chi connectivity index (χ0n) is 13.6. The summed E-state index contributed by atoms with van der Waals surface area (Å²) in [5, 5.41) is 5.80. The van der Waals surface area contributed by atoms with Crippen LogP contribution in [0.2, 0.25) is 0 Å². The molecule has 2 heterocycles. The van der Waals surface area contributed by atoms with Crippen molar-refractivity contribution in [2.45, 2.75) is 13.8 Å². The first-order valence-corrected chi connectivity index (χ1v) is 9.11. The quantitative estimate of drug-likeness (QED) is 0.774. The number of hydrogen-bond donors (Lipinski definition) is 2. The number of carbonyl (C=O) groups is 2. The Hall–Kier alpha value is -2.81. The fourth-order valence-corrected chi connectivity index (χ4v) is 4.23. The number of anilines is 2. The van der Waals surface area contributed by atoms with Crippen molar-refractivity contribution in [2.24, 2.45) is 0 Å². The van der Waals surface area contributed by atoms with E-state index >= 15 is 0 Å². The zero-order chi connectivity index (χ0) is 18.2. The largest absolute Gasteiger partial charge is 0.462 e. The molecule has 1 aromatic carbocycles. The van der Waals surface area contributed by atoms with Crippen LogP contribution >= 0.6 is 0 Å². The van der Waals surface area contributed by atoms with Crippen LogP contribution in [-0.4, -0.2) is 33.6 Å². The Morgan fingerprint density at radius 1 is 0.880 bits per heavy atom. The molecular weight excluding hydrogens is 348 g/mol. The number of esters is 2. The van der Waals surface area contributed by atoms with E-state index in [9.17, 15) is 18.0 Å². The fourth-order valence-electron chi connectivity index (χ4n) is 2.62. The minimum atomic E-state index is -4.39. The minimum Gasteiger partial charge on any atom is -0.462 e. The first kappa shape index (κ1) is 17.0. The van der Waals surface area contributed by atoms with Crippen molar-refractivity contribution >= 4 is 33.2 Å². The van der Waals surface area contributed by atoms with E-state index in [1.807, 2.05) is 0 Å². The SMILES string of the molecule is CCOC(=O)C1=C2Nc3ccccc3NC2=C(C(=O)OCC)S1(=O)=O. The molecule has 0 amide bonds. The summed E-state index contributed by atoms with van der Waals surface area (Å²) in [6, 6.07) is 6.93. The van der Waals surface area contributed by atoms with Gasteiger partial charge in [-0.15, -0.1) is 0 Å². The number of nitrogens with one attached hydrogen (secondary N) is 2. The number of rotatable bonds is 4. The predicted molar refractivity (Wildman–Crippen MR) is 89.9 cm³/mol. The molecule has 0 saturated carbocycles. The van der Waals surface area contributed by atoms with Crippen LogP contribution in [0.1, 0.15) is 13.8 Å². The maximum atomic E-state index is 12.8. The van der Waals surface area contributed by atoms with Crippen LogP contribution < -0.4 is 10.6 Å². The third kappa shape index (κ3) is 2.66. The molecule has 9 heteroatoms. The van der Waals surface area contributed by atoms with Gasteiger partial charge in [-0.05, 0) is 26.0 Å². The summed E-state index contributed by atoms with van der Waals surface area (Å²) in [4.78, 5) is 23.3. The predicted octanol–water partition coefficient (Wildman–Crippen LogP) is 1.50. The van der Waals surface area contributed by atoms with Gasteiger partial charge in [0.15, 0.2) is 9.81 Å². The number of carbonyl (C=O) groups excluding carboxylic acids is 2. The summed E-state index contributed by atoms with van der Waals surface area (Å²) in [5.41, 5.74) is 1.12. The van der Waals surface area contributed by atoms with Crippen LogP contribution in [0.5, 0.6) is 0 Å². The average molecular weight is 364 g/mol. The van der Waals surface area contributed by atoms with Gasteiger partial charge in [0.1, 0.15) is 0 Å². The van der Waals surface area contributed by atoms with Crippen LogP contribution in [0.15, 0.2) is 45.5 Å². The van der Waals surface area contributed by atoms with Crippen molar-refractivity contribution in [1.29, 1.82) is 0 Å². The first-order chi connectivity index (χ1) is 11.9. The lowest BCUT2D eigenvalue weighted by Gasteiger charge is -2.23. The van der Waals surface area contributed by atoms with Gasteiger partial charge in [-0.3, -0.25) is 0 Å². The summed E-state index contributed by atoms with van der Waals surface area (Å²) in [7, 11) is -4.39. The van der Waals surface area contributed by atoms with Gasteiger partial charge in [0.25, 0.3) is 0 Å². The van der Waals surface area contributed by atoms with Crippen molar-refractivity contribution < 1.29 is 27.5 Å². The Kier molecular flexibility index (Phi) is 4.25. The van der Waals surface area contributed by atoms with Gasteiger partial charge in [0, 0.05) is 0 Å². The smallest absolute Gasteiger partial charge is 0.352 e. The summed E-state index contributed by atoms with van der Waals surface area (Å²) in [5.74, 6) is -2.05. The van der Waals surface area contributed by atoms with E-state index in [2.05, 4.69) is 10.6 Å². The van der Waals surface area contributed by atoms with Crippen molar-refractivity contribution in [3.8, 4) is 0 Å². The molecule has 132 valence electrons. The third-order valence-corrected chi connectivity index (χ3v) is 5.43. The van der Waals surface area contributed by atoms with E-state index in [0.29, 0.717) is 11.4 Å². The lowest BCUT2D eigenvalue weighted by molar-refractivity contribution is -0.138. The summed E-state index contributed by atoms with van der Waals surface area (Å²) in [6.45, 7) is 3.12. The molecule has 1 aromatic rings. The van der Waals surface area contributed by atoms with Crippen LogP contribution in [0, 0.1) is 0 Å². The molecule has 0 spiro atoms. The molecule has 0 atom stereocenters. The average Bonchev–Trinajstić information content (AvgIpc) is 2.78. The highest BCUT2D eigenvalue weighted by Crippen LogP contribution is 2.43. The molecule has 3 rings (SSSR count). The lowest BCUT2D eigenvalue weighted by Crippen LogP contribution is -2.21. The van der Waals surface area contributed by atoms with E-state index in [1.165, 1.54) is 0 Å². The Morgan fingerprint density at radius 2 is 1.28 bits per heavy atom. The summed E-state index contributed by atoms with van der Waals surface area (Å²) in [6.07, 6.45) is 0. The lowest BCUT2D eigenvalue weighted by atomic mass is 10.1. The number of fused-ring (bicyclic) bond motifs is 2. The molecule has 8 nitrogen and oxygen atoms in total. The van der Waals surface area contributed by atoms with Crippen molar-refractivity contribution in [1.82, 2.24) is 0 Å². The van der Waals surface area contributed by atoms with Gasteiger partial charge < -0.3 is 20.1 Å². The Morgan fingerprint density at radius 3 is 1.64 bits per heavy atom. The van der Waals surface area contributed by atoms with Crippen molar-refractivity contribution in [3.05, 3.63) is 45.5 Å².